The summed E-state index contributed by atoms with van der Waals surface area (Å²) in [5.41, 5.74) is 1.34. The number of aromatic nitrogens is 2. The van der Waals surface area contributed by atoms with Crippen LogP contribution in [0.1, 0.15) is 25.3 Å². The maximum atomic E-state index is 12.5. The first-order chi connectivity index (χ1) is 11.6. The van der Waals surface area contributed by atoms with E-state index in [0.717, 1.165) is 31.6 Å². The lowest BCUT2D eigenvalue weighted by molar-refractivity contribution is 0.0622. The number of nitrogens with one attached hydrogen (secondary N) is 1. The molecule has 1 aliphatic heterocycles. The normalized spacial score (nSPS) is 16.8. The van der Waals surface area contributed by atoms with Crippen LogP contribution >= 0.6 is 11.6 Å². The van der Waals surface area contributed by atoms with Crippen LogP contribution in [-0.4, -0.2) is 29.0 Å². The Kier molecular flexibility index (Phi) is 5.53. The van der Waals surface area contributed by atoms with Gasteiger partial charge in [0.25, 0.3) is 5.56 Å². The summed E-state index contributed by atoms with van der Waals surface area (Å²) in [6, 6.07) is 9.96. The van der Waals surface area contributed by atoms with Gasteiger partial charge in [-0.1, -0.05) is 41.9 Å². The van der Waals surface area contributed by atoms with E-state index in [1.165, 1.54) is 4.68 Å². The van der Waals surface area contributed by atoms with Gasteiger partial charge in [0.15, 0.2) is 0 Å². The first-order valence-electron chi connectivity index (χ1n) is 8.29. The highest BCUT2D eigenvalue weighted by atomic mass is 35.5. The lowest BCUT2D eigenvalue weighted by atomic mass is 9.93. The molecule has 1 aromatic carbocycles. The maximum absolute atomic E-state index is 12.5. The van der Waals surface area contributed by atoms with Crippen molar-refractivity contribution < 1.29 is 4.74 Å². The minimum absolute atomic E-state index is 0.194. The molecule has 1 unspecified atom stereocenters. The van der Waals surface area contributed by atoms with Crippen molar-refractivity contribution in [2.24, 2.45) is 5.92 Å². The van der Waals surface area contributed by atoms with Gasteiger partial charge in [0.05, 0.1) is 18.4 Å². The van der Waals surface area contributed by atoms with Gasteiger partial charge in [-0.25, -0.2) is 4.68 Å². The van der Waals surface area contributed by atoms with Gasteiger partial charge in [0.1, 0.15) is 5.02 Å². The monoisotopic (exact) mass is 347 g/mol. The number of hydrogen-bond donors (Lipinski definition) is 1. The molecule has 3 rings (SSSR count). The Labute approximate surface area is 146 Å². The number of nitrogens with zero attached hydrogens (tertiary/aromatic N) is 2. The van der Waals surface area contributed by atoms with Crippen molar-refractivity contribution in [3.8, 4) is 0 Å². The fourth-order valence-corrected chi connectivity index (χ4v) is 3.21. The Morgan fingerprint density at radius 2 is 2.04 bits per heavy atom. The SMILES string of the molecule is CC(Nc1cnn(Cc2ccccc2)c(=O)c1Cl)C1CCOCC1. The zero-order valence-corrected chi connectivity index (χ0v) is 14.5. The molecule has 24 heavy (non-hydrogen) atoms. The lowest BCUT2D eigenvalue weighted by Gasteiger charge is -2.29. The third kappa shape index (κ3) is 3.97. The second kappa shape index (κ2) is 7.81. The van der Waals surface area contributed by atoms with Crippen molar-refractivity contribution in [3.05, 3.63) is 57.5 Å². The van der Waals surface area contributed by atoms with Gasteiger partial charge < -0.3 is 10.1 Å². The molecule has 6 heteroatoms. The average molecular weight is 348 g/mol. The van der Waals surface area contributed by atoms with Crippen LogP contribution in [0.5, 0.6) is 0 Å². The number of benzene rings is 1. The largest absolute Gasteiger partial charge is 0.381 e. The molecule has 1 aliphatic rings. The lowest BCUT2D eigenvalue weighted by Crippen LogP contribution is -2.32. The van der Waals surface area contributed by atoms with Crippen molar-refractivity contribution in [1.29, 1.82) is 0 Å². The summed E-state index contributed by atoms with van der Waals surface area (Å²) in [5, 5.41) is 7.81. The fourth-order valence-electron chi connectivity index (χ4n) is 3.01. The Morgan fingerprint density at radius 3 is 2.75 bits per heavy atom. The quantitative estimate of drug-likeness (QED) is 0.902. The second-order valence-electron chi connectivity index (χ2n) is 6.20. The Balaban J connectivity index is 1.73. The highest BCUT2D eigenvalue weighted by Crippen LogP contribution is 2.24. The van der Waals surface area contributed by atoms with Gasteiger partial charge >= 0.3 is 0 Å². The van der Waals surface area contributed by atoms with Gasteiger partial charge in [0.2, 0.25) is 0 Å². The van der Waals surface area contributed by atoms with Crippen molar-refractivity contribution in [2.75, 3.05) is 18.5 Å². The van der Waals surface area contributed by atoms with Gasteiger partial charge in [-0.3, -0.25) is 4.79 Å². The molecule has 5 nitrogen and oxygen atoms in total. The third-order valence-electron chi connectivity index (χ3n) is 4.52. The van der Waals surface area contributed by atoms with Crippen LogP contribution in [0.15, 0.2) is 41.3 Å². The van der Waals surface area contributed by atoms with E-state index < -0.39 is 0 Å². The van der Waals surface area contributed by atoms with E-state index in [0.29, 0.717) is 18.2 Å². The Hall–Kier alpha value is -1.85. The van der Waals surface area contributed by atoms with E-state index in [4.69, 9.17) is 16.3 Å². The van der Waals surface area contributed by atoms with E-state index in [-0.39, 0.29) is 16.6 Å². The first-order valence-corrected chi connectivity index (χ1v) is 8.67. The molecule has 1 aromatic heterocycles. The summed E-state index contributed by atoms with van der Waals surface area (Å²) in [6.07, 6.45) is 3.68. The number of rotatable bonds is 5. The van der Waals surface area contributed by atoms with E-state index in [1.807, 2.05) is 30.3 Å². The van der Waals surface area contributed by atoms with Crippen molar-refractivity contribution in [3.63, 3.8) is 0 Å². The molecular weight excluding hydrogens is 326 g/mol. The predicted octanol–water partition coefficient (Wildman–Crippen LogP) is 3.17. The zero-order chi connectivity index (χ0) is 16.9. The molecule has 0 bridgehead atoms. The van der Waals surface area contributed by atoms with Crippen molar-refractivity contribution in [1.82, 2.24) is 9.78 Å². The molecular formula is C18H22ClN3O2. The first kappa shape index (κ1) is 17.0. The highest BCUT2D eigenvalue weighted by Gasteiger charge is 2.21. The Bertz CT molecular complexity index is 727. The van der Waals surface area contributed by atoms with Crippen LogP contribution in [0.2, 0.25) is 5.02 Å². The summed E-state index contributed by atoms with van der Waals surface area (Å²) in [6.45, 7) is 4.11. The molecule has 1 saturated heterocycles. The van der Waals surface area contributed by atoms with Crippen LogP contribution in [0.4, 0.5) is 5.69 Å². The molecule has 0 radical (unpaired) electrons. The zero-order valence-electron chi connectivity index (χ0n) is 13.7. The maximum Gasteiger partial charge on any atom is 0.287 e. The van der Waals surface area contributed by atoms with Crippen LogP contribution < -0.4 is 10.9 Å². The summed E-state index contributed by atoms with van der Waals surface area (Å²) < 4.78 is 6.79. The van der Waals surface area contributed by atoms with Crippen molar-refractivity contribution in [2.45, 2.75) is 32.4 Å². The minimum Gasteiger partial charge on any atom is -0.381 e. The average Bonchev–Trinajstić information content (AvgIpc) is 2.63. The molecule has 0 amide bonds. The molecule has 2 aromatic rings. The van der Waals surface area contributed by atoms with Crippen LogP contribution in [0.25, 0.3) is 0 Å². The second-order valence-corrected chi connectivity index (χ2v) is 6.58. The summed E-state index contributed by atoms with van der Waals surface area (Å²) in [4.78, 5) is 12.5. The standard InChI is InChI=1S/C18H22ClN3O2/c1-13(15-7-9-24-10-8-15)21-16-11-20-22(18(23)17(16)19)12-14-5-3-2-4-6-14/h2-6,11,13,15,21H,7-10,12H2,1H3. The molecule has 1 fully saturated rings. The van der Waals surface area contributed by atoms with Gasteiger partial charge in [-0.2, -0.15) is 5.10 Å². The number of anilines is 1. The topological polar surface area (TPSA) is 56.2 Å². The van der Waals surface area contributed by atoms with E-state index in [1.54, 1.807) is 6.20 Å². The van der Waals surface area contributed by atoms with E-state index in [2.05, 4.69) is 17.3 Å². The number of halogens is 1. The summed E-state index contributed by atoms with van der Waals surface area (Å²) in [7, 11) is 0. The molecule has 2 heterocycles. The van der Waals surface area contributed by atoms with E-state index >= 15 is 0 Å². The molecule has 0 aliphatic carbocycles. The number of hydrogen-bond acceptors (Lipinski definition) is 4. The Morgan fingerprint density at radius 1 is 1.33 bits per heavy atom. The summed E-state index contributed by atoms with van der Waals surface area (Å²) >= 11 is 6.29. The number of ether oxygens (including phenoxy) is 1. The minimum atomic E-state index is -0.273. The van der Waals surface area contributed by atoms with Gasteiger partial charge in [0, 0.05) is 19.3 Å². The molecule has 1 N–H and O–H groups in total. The molecule has 128 valence electrons. The van der Waals surface area contributed by atoms with Gasteiger partial charge in [-0.15, -0.1) is 0 Å². The highest BCUT2D eigenvalue weighted by molar-refractivity contribution is 6.32. The molecule has 0 spiro atoms. The summed E-state index contributed by atoms with van der Waals surface area (Å²) in [5.74, 6) is 0.515. The van der Waals surface area contributed by atoms with Crippen LogP contribution in [-0.2, 0) is 11.3 Å². The predicted molar refractivity (Wildman–Crippen MR) is 95.7 cm³/mol. The smallest absolute Gasteiger partial charge is 0.287 e. The van der Waals surface area contributed by atoms with E-state index in [9.17, 15) is 4.79 Å². The van der Waals surface area contributed by atoms with Crippen LogP contribution in [0, 0.1) is 5.92 Å². The fraction of sp³-hybridized carbons (Fsp3) is 0.444. The third-order valence-corrected chi connectivity index (χ3v) is 4.88. The van der Waals surface area contributed by atoms with Crippen molar-refractivity contribution >= 4 is 17.3 Å². The molecule has 1 atom stereocenters. The van der Waals surface area contributed by atoms with Crippen LogP contribution in [0.3, 0.4) is 0 Å². The molecule has 0 saturated carbocycles. The van der Waals surface area contributed by atoms with Gasteiger partial charge in [-0.05, 0) is 31.2 Å².